The Labute approximate surface area is 122 Å². The lowest BCUT2D eigenvalue weighted by molar-refractivity contribution is -0.137. The fourth-order valence-corrected chi connectivity index (χ4v) is 4.92. The fourth-order valence-electron chi connectivity index (χ4n) is 2.11. The molecule has 0 unspecified atom stereocenters. The summed E-state index contributed by atoms with van der Waals surface area (Å²) in [5.41, 5.74) is 0.952. The maximum Gasteiger partial charge on any atom is 0.304 e. The summed E-state index contributed by atoms with van der Waals surface area (Å²) < 4.78 is 26.7. The summed E-state index contributed by atoms with van der Waals surface area (Å²) in [6.07, 6.45) is 0.0941. The smallest absolute Gasteiger partial charge is 0.304 e. The maximum absolute atomic E-state index is 12.4. The van der Waals surface area contributed by atoms with Gasteiger partial charge in [0.1, 0.15) is 4.21 Å². The molecule has 8 heteroatoms. The number of piperazine rings is 1. The summed E-state index contributed by atoms with van der Waals surface area (Å²) in [6.45, 7) is 4.34. The molecule has 6 nitrogen and oxygen atoms in total. The largest absolute Gasteiger partial charge is 0.481 e. The van der Waals surface area contributed by atoms with Crippen molar-refractivity contribution in [2.45, 2.75) is 17.6 Å². The molecule has 1 N–H and O–H groups in total. The zero-order valence-corrected chi connectivity index (χ0v) is 12.9. The number of hydrogen-bond donors (Lipinski definition) is 1. The molecule has 112 valence electrons. The molecule has 0 aromatic carbocycles. The molecular weight excluding hydrogens is 300 g/mol. The second-order valence-electron chi connectivity index (χ2n) is 4.83. The molecule has 20 heavy (non-hydrogen) atoms. The second-order valence-corrected chi connectivity index (χ2v) is 7.91. The monoisotopic (exact) mass is 318 g/mol. The highest BCUT2D eigenvalue weighted by Gasteiger charge is 2.29. The normalized spacial score (nSPS) is 18.2. The van der Waals surface area contributed by atoms with Crippen molar-refractivity contribution >= 4 is 27.3 Å². The van der Waals surface area contributed by atoms with Gasteiger partial charge in [0.25, 0.3) is 10.0 Å². The average Bonchev–Trinajstić information content (AvgIpc) is 2.84. The van der Waals surface area contributed by atoms with Gasteiger partial charge in [-0.15, -0.1) is 11.3 Å². The number of carboxylic acids is 1. The first kappa shape index (κ1) is 15.4. The van der Waals surface area contributed by atoms with Gasteiger partial charge in [-0.2, -0.15) is 4.31 Å². The molecular formula is C12H18N2O4S2. The first-order chi connectivity index (χ1) is 9.39. The SMILES string of the molecule is Cc1csc(S(=O)(=O)N2CCN(CCC(=O)O)CC2)c1. The summed E-state index contributed by atoms with van der Waals surface area (Å²) in [5, 5.41) is 10.5. The molecule has 1 saturated heterocycles. The van der Waals surface area contributed by atoms with Crippen LogP contribution in [0.3, 0.4) is 0 Å². The number of carboxylic acid groups (broad SMARTS) is 1. The predicted octanol–water partition coefficient (Wildman–Crippen LogP) is 0.838. The molecule has 1 aromatic rings. The Balaban J connectivity index is 1.95. The van der Waals surface area contributed by atoms with Gasteiger partial charge in [0.15, 0.2) is 0 Å². The van der Waals surface area contributed by atoms with E-state index in [1.165, 1.54) is 15.6 Å². The third-order valence-electron chi connectivity index (χ3n) is 3.27. The minimum absolute atomic E-state index is 0.0941. The van der Waals surface area contributed by atoms with Crippen molar-refractivity contribution in [1.29, 1.82) is 0 Å². The minimum Gasteiger partial charge on any atom is -0.481 e. The van der Waals surface area contributed by atoms with Crippen LogP contribution in [0.15, 0.2) is 15.7 Å². The first-order valence-electron chi connectivity index (χ1n) is 6.39. The van der Waals surface area contributed by atoms with E-state index in [2.05, 4.69) is 0 Å². The van der Waals surface area contributed by atoms with Crippen LogP contribution in [0.1, 0.15) is 12.0 Å². The van der Waals surface area contributed by atoms with Gasteiger partial charge in [0, 0.05) is 32.7 Å². The number of aliphatic carboxylic acids is 1. The summed E-state index contributed by atoms with van der Waals surface area (Å²) >= 11 is 1.24. The summed E-state index contributed by atoms with van der Waals surface area (Å²) in [7, 11) is -3.39. The van der Waals surface area contributed by atoms with Crippen LogP contribution in [0.2, 0.25) is 0 Å². The van der Waals surface area contributed by atoms with E-state index in [1.807, 2.05) is 17.2 Å². The quantitative estimate of drug-likeness (QED) is 0.870. The Morgan fingerprint density at radius 1 is 1.35 bits per heavy atom. The number of rotatable bonds is 5. The summed E-state index contributed by atoms with van der Waals surface area (Å²) in [6, 6.07) is 1.69. The van der Waals surface area contributed by atoms with Crippen molar-refractivity contribution in [1.82, 2.24) is 9.21 Å². The third kappa shape index (κ3) is 3.57. The van der Waals surface area contributed by atoms with E-state index in [0.29, 0.717) is 36.9 Å². The number of carbonyl (C=O) groups is 1. The van der Waals surface area contributed by atoms with Crippen molar-refractivity contribution in [2.75, 3.05) is 32.7 Å². The number of aryl methyl sites for hydroxylation is 1. The highest BCUT2D eigenvalue weighted by atomic mass is 32.2. The molecule has 2 heterocycles. The van der Waals surface area contributed by atoms with Gasteiger partial charge in [-0.05, 0) is 23.9 Å². The van der Waals surface area contributed by atoms with Crippen LogP contribution < -0.4 is 0 Å². The summed E-state index contributed by atoms with van der Waals surface area (Å²) in [4.78, 5) is 12.5. The van der Waals surface area contributed by atoms with E-state index in [4.69, 9.17) is 5.11 Å². The van der Waals surface area contributed by atoms with E-state index >= 15 is 0 Å². The van der Waals surface area contributed by atoms with Gasteiger partial charge in [0.2, 0.25) is 0 Å². The predicted molar refractivity (Wildman–Crippen MR) is 76.5 cm³/mol. The van der Waals surface area contributed by atoms with Crippen molar-refractivity contribution in [3.63, 3.8) is 0 Å². The third-order valence-corrected chi connectivity index (χ3v) is 6.71. The maximum atomic E-state index is 12.4. The molecule has 0 amide bonds. The molecule has 0 spiro atoms. The molecule has 0 aliphatic carbocycles. The van der Waals surface area contributed by atoms with E-state index in [9.17, 15) is 13.2 Å². The lowest BCUT2D eigenvalue weighted by atomic mass is 10.3. The Hall–Kier alpha value is -0.960. The minimum atomic E-state index is -3.39. The molecule has 1 aliphatic rings. The van der Waals surface area contributed by atoms with Crippen molar-refractivity contribution in [3.05, 3.63) is 17.0 Å². The van der Waals surface area contributed by atoms with Crippen LogP contribution in [0.25, 0.3) is 0 Å². The number of thiophene rings is 1. The molecule has 0 radical (unpaired) electrons. The zero-order chi connectivity index (χ0) is 14.8. The van der Waals surface area contributed by atoms with Gasteiger partial charge in [0.05, 0.1) is 6.42 Å². The van der Waals surface area contributed by atoms with Crippen molar-refractivity contribution < 1.29 is 18.3 Å². The van der Waals surface area contributed by atoms with Crippen molar-refractivity contribution in [2.24, 2.45) is 0 Å². The summed E-state index contributed by atoms with van der Waals surface area (Å²) in [5.74, 6) is -0.825. The van der Waals surface area contributed by atoms with E-state index in [0.717, 1.165) is 5.56 Å². The highest BCUT2D eigenvalue weighted by molar-refractivity contribution is 7.91. The Bertz CT molecular complexity index is 574. The van der Waals surface area contributed by atoms with E-state index in [1.54, 1.807) is 6.07 Å². The highest BCUT2D eigenvalue weighted by Crippen LogP contribution is 2.24. The van der Waals surface area contributed by atoms with Crippen LogP contribution in [-0.4, -0.2) is 61.4 Å². The number of sulfonamides is 1. The Morgan fingerprint density at radius 3 is 2.50 bits per heavy atom. The van der Waals surface area contributed by atoms with Gasteiger partial charge < -0.3 is 10.0 Å². The molecule has 0 saturated carbocycles. The van der Waals surface area contributed by atoms with E-state index in [-0.39, 0.29) is 6.42 Å². The van der Waals surface area contributed by atoms with Crippen LogP contribution >= 0.6 is 11.3 Å². The second kappa shape index (κ2) is 6.21. The molecule has 0 bridgehead atoms. The zero-order valence-electron chi connectivity index (χ0n) is 11.3. The van der Waals surface area contributed by atoms with Crippen LogP contribution in [-0.2, 0) is 14.8 Å². The molecule has 1 fully saturated rings. The van der Waals surface area contributed by atoms with Gasteiger partial charge in [-0.25, -0.2) is 8.42 Å². The number of nitrogens with zero attached hydrogens (tertiary/aromatic N) is 2. The lowest BCUT2D eigenvalue weighted by Crippen LogP contribution is -2.48. The standard InChI is InChI=1S/C12H18N2O4S2/c1-10-8-12(19-9-10)20(17,18)14-6-4-13(5-7-14)3-2-11(15)16/h8-9H,2-7H2,1H3,(H,15,16). The van der Waals surface area contributed by atoms with Crippen LogP contribution in [0.5, 0.6) is 0 Å². The van der Waals surface area contributed by atoms with Gasteiger partial charge in [-0.3, -0.25) is 4.79 Å². The Morgan fingerprint density at radius 2 is 2.00 bits per heavy atom. The lowest BCUT2D eigenvalue weighted by Gasteiger charge is -2.33. The molecule has 1 aromatic heterocycles. The molecule has 0 atom stereocenters. The Kier molecular flexibility index (Phi) is 4.79. The average molecular weight is 318 g/mol. The van der Waals surface area contributed by atoms with E-state index < -0.39 is 16.0 Å². The fraction of sp³-hybridized carbons (Fsp3) is 0.583. The molecule has 2 rings (SSSR count). The topological polar surface area (TPSA) is 77.9 Å². The first-order valence-corrected chi connectivity index (χ1v) is 8.71. The number of hydrogen-bond acceptors (Lipinski definition) is 5. The van der Waals surface area contributed by atoms with Gasteiger partial charge in [-0.1, -0.05) is 0 Å². The molecule has 1 aliphatic heterocycles. The van der Waals surface area contributed by atoms with Crippen LogP contribution in [0.4, 0.5) is 0 Å². The van der Waals surface area contributed by atoms with Gasteiger partial charge >= 0.3 is 5.97 Å². The van der Waals surface area contributed by atoms with Crippen molar-refractivity contribution in [3.8, 4) is 0 Å². The van der Waals surface area contributed by atoms with Crippen LogP contribution in [0, 0.1) is 6.92 Å².